The van der Waals surface area contributed by atoms with Crippen molar-refractivity contribution in [3.63, 3.8) is 0 Å². The largest absolute Gasteiger partial charge is 0.493 e. The molecule has 2 aromatic rings. The normalized spacial score (nSPS) is 17.0. The van der Waals surface area contributed by atoms with Crippen molar-refractivity contribution in [2.24, 2.45) is 5.92 Å². The Morgan fingerprint density at radius 3 is 2.50 bits per heavy atom. The number of rotatable bonds is 9. The van der Waals surface area contributed by atoms with Crippen molar-refractivity contribution in [2.45, 2.75) is 37.5 Å². The van der Waals surface area contributed by atoms with Crippen LogP contribution < -0.4 is 14.8 Å². The average molecular weight is 461 g/mol. The van der Waals surface area contributed by atoms with Crippen LogP contribution in [-0.4, -0.2) is 52.5 Å². The molecule has 8 heteroatoms. The van der Waals surface area contributed by atoms with E-state index in [0.29, 0.717) is 37.4 Å². The standard InChI is InChI=1S/C24H32N2O5S/c1-18-8-11-21(12-9-18)32(28,29)26-15-5-7-20(17-26)24(27)25-14-4-6-19-10-13-22(30-2)23(16-19)31-3/h8-13,16,20H,4-7,14-15,17H2,1-3H3,(H,25,27). The summed E-state index contributed by atoms with van der Waals surface area (Å²) in [4.78, 5) is 13.0. The molecule has 0 bridgehead atoms. The quantitative estimate of drug-likeness (QED) is 0.581. The maximum absolute atomic E-state index is 13.0. The number of piperidine rings is 1. The lowest BCUT2D eigenvalue weighted by molar-refractivity contribution is -0.126. The van der Waals surface area contributed by atoms with Crippen molar-refractivity contribution >= 4 is 15.9 Å². The fourth-order valence-electron chi connectivity index (χ4n) is 3.92. The molecule has 32 heavy (non-hydrogen) atoms. The first-order chi connectivity index (χ1) is 15.3. The lowest BCUT2D eigenvalue weighted by Crippen LogP contribution is -2.45. The number of carbonyl (C=O) groups excluding carboxylic acids is 1. The van der Waals surface area contributed by atoms with Gasteiger partial charge in [-0.25, -0.2) is 8.42 Å². The molecule has 0 spiro atoms. The van der Waals surface area contributed by atoms with Gasteiger partial charge in [0.15, 0.2) is 11.5 Å². The molecule has 1 atom stereocenters. The molecule has 1 unspecified atom stereocenters. The van der Waals surface area contributed by atoms with Crippen LogP contribution in [0.2, 0.25) is 0 Å². The van der Waals surface area contributed by atoms with E-state index >= 15 is 0 Å². The van der Waals surface area contributed by atoms with E-state index in [1.807, 2.05) is 25.1 Å². The van der Waals surface area contributed by atoms with Crippen LogP contribution in [0.1, 0.15) is 30.4 Å². The number of methoxy groups -OCH3 is 2. The predicted octanol–water partition coefficient (Wildman–Crippen LogP) is 3.16. The highest BCUT2D eigenvalue weighted by atomic mass is 32.2. The summed E-state index contributed by atoms with van der Waals surface area (Å²) in [6, 6.07) is 12.6. The predicted molar refractivity (Wildman–Crippen MR) is 124 cm³/mol. The van der Waals surface area contributed by atoms with Crippen molar-refractivity contribution < 1.29 is 22.7 Å². The number of ether oxygens (including phenoxy) is 2. The summed E-state index contributed by atoms with van der Waals surface area (Å²) >= 11 is 0. The van der Waals surface area contributed by atoms with E-state index in [0.717, 1.165) is 24.0 Å². The Labute approximate surface area is 190 Å². The number of benzene rings is 2. The number of sulfonamides is 1. The van der Waals surface area contributed by atoms with Crippen molar-refractivity contribution in [2.75, 3.05) is 33.9 Å². The van der Waals surface area contributed by atoms with Crippen molar-refractivity contribution in [1.82, 2.24) is 9.62 Å². The monoisotopic (exact) mass is 460 g/mol. The van der Waals surface area contributed by atoms with E-state index in [2.05, 4.69) is 5.32 Å². The van der Waals surface area contributed by atoms with Gasteiger partial charge < -0.3 is 14.8 Å². The molecule has 2 aromatic carbocycles. The summed E-state index contributed by atoms with van der Waals surface area (Å²) in [6.45, 7) is 3.12. The second-order valence-electron chi connectivity index (χ2n) is 8.10. The molecule has 0 aromatic heterocycles. The molecule has 0 aliphatic carbocycles. The maximum atomic E-state index is 13.0. The third kappa shape index (κ3) is 5.81. The first-order valence-corrected chi connectivity index (χ1v) is 12.3. The van der Waals surface area contributed by atoms with Crippen molar-refractivity contribution in [3.8, 4) is 11.5 Å². The fraction of sp³-hybridized carbons (Fsp3) is 0.458. The molecule has 1 amide bonds. The number of carbonyl (C=O) groups is 1. The molecule has 0 radical (unpaired) electrons. The van der Waals surface area contributed by atoms with Gasteiger partial charge in [-0.15, -0.1) is 0 Å². The van der Waals surface area contributed by atoms with Gasteiger partial charge in [-0.2, -0.15) is 4.31 Å². The van der Waals surface area contributed by atoms with Crippen LogP contribution in [0, 0.1) is 12.8 Å². The van der Waals surface area contributed by atoms with Gasteiger partial charge in [-0.05, 0) is 62.4 Å². The second kappa shape index (κ2) is 10.8. The van der Waals surface area contributed by atoms with E-state index < -0.39 is 10.0 Å². The molecule has 7 nitrogen and oxygen atoms in total. The first kappa shape index (κ1) is 24.1. The Morgan fingerprint density at radius 1 is 1.09 bits per heavy atom. The highest BCUT2D eigenvalue weighted by Gasteiger charge is 2.33. The summed E-state index contributed by atoms with van der Waals surface area (Å²) < 4.78 is 37.9. The molecule has 3 rings (SSSR count). The van der Waals surface area contributed by atoms with Crippen LogP contribution >= 0.6 is 0 Å². The van der Waals surface area contributed by atoms with Gasteiger partial charge in [0.05, 0.1) is 25.0 Å². The number of nitrogens with one attached hydrogen (secondary N) is 1. The Hall–Kier alpha value is -2.58. The van der Waals surface area contributed by atoms with Crippen LogP contribution in [0.5, 0.6) is 11.5 Å². The number of aryl methyl sites for hydroxylation is 2. The molecule has 0 saturated carbocycles. The minimum Gasteiger partial charge on any atom is -0.493 e. The van der Waals surface area contributed by atoms with Crippen LogP contribution in [0.4, 0.5) is 0 Å². The molecule has 1 aliphatic rings. The molecule has 1 fully saturated rings. The third-order valence-corrected chi connectivity index (χ3v) is 7.68. The fourth-order valence-corrected chi connectivity index (χ4v) is 5.44. The molecule has 1 aliphatic heterocycles. The number of hydrogen-bond donors (Lipinski definition) is 1. The highest BCUT2D eigenvalue weighted by Crippen LogP contribution is 2.28. The Morgan fingerprint density at radius 2 is 1.81 bits per heavy atom. The van der Waals surface area contributed by atoms with Crippen LogP contribution in [0.15, 0.2) is 47.4 Å². The highest BCUT2D eigenvalue weighted by molar-refractivity contribution is 7.89. The topological polar surface area (TPSA) is 84.9 Å². The summed E-state index contributed by atoms with van der Waals surface area (Å²) in [5, 5.41) is 2.98. The molecular weight excluding hydrogens is 428 g/mol. The van der Waals surface area contributed by atoms with Crippen molar-refractivity contribution in [3.05, 3.63) is 53.6 Å². The molecule has 1 N–H and O–H groups in total. The van der Waals surface area contributed by atoms with E-state index in [9.17, 15) is 13.2 Å². The van der Waals surface area contributed by atoms with Crippen LogP contribution in [0.25, 0.3) is 0 Å². The van der Waals surface area contributed by atoms with Crippen molar-refractivity contribution in [1.29, 1.82) is 0 Å². The SMILES string of the molecule is COc1ccc(CCCNC(=O)C2CCCN(S(=O)(=O)c3ccc(C)cc3)C2)cc1OC. The van der Waals surface area contributed by atoms with Crippen LogP contribution in [-0.2, 0) is 21.2 Å². The first-order valence-electron chi connectivity index (χ1n) is 10.9. The Bertz CT molecular complexity index is 1020. The molecule has 1 saturated heterocycles. The van der Waals surface area contributed by atoms with Gasteiger partial charge in [0, 0.05) is 19.6 Å². The molecule has 174 valence electrons. The zero-order valence-corrected chi connectivity index (χ0v) is 19.8. The van der Waals surface area contributed by atoms with Gasteiger partial charge in [-0.1, -0.05) is 23.8 Å². The van der Waals surface area contributed by atoms with Gasteiger partial charge in [-0.3, -0.25) is 4.79 Å². The van der Waals surface area contributed by atoms with Gasteiger partial charge in [0.2, 0.25) is 15.9 Å². The van der Waals surface area contributed by atoms with Gasteiger partial charge >= 0.3 is 0 Å². The second-order valence-corrected chi connectivity index (χ2v) is 10.0. The lowest BCUT2D eigenvalue weighted by atomic mass is 9.99. The van der Waals surface area contributed by atoms with Gasteiger partial charge in [0.25, 0.3) is 0 Å². The minimum absolute atomic E-state index is 0.0823. The average Bonchev–Trinajstić information content (AvgIpc) is 2.81. The van der Waals surface area contributed by atoms with E-state index in [1.165, 1.54) is 4.31 Å². The van der Waals surface area contributed by atoms with E-state index in [-0.39, 0.29) is 23.3 Å². The molecular formula is C24H32N2O5S. The zero-order valence-electron chi connectivity index (χ0n) is 19.0. The summed E-state index contributed by atoms with van der Waals surface area (Å²) in [5.74, 6) is 0.962. The number of nitrogens with zero attached hydrogens (tertiary/aromatic N) is 1. The number of hydrogen-bond acceptors (Lipinski definition) is 5. The maximum Gasteiger partial charge on any atom is 0.243 e. The van der Waals surface area contributed by atoms with Gasteiger partial charge in [0.1, 0.15) is 0 Å². The van der Waals surface area contributed by atoms with Crippen LogP contribution in [0.3, 0.4) is 0 Å². The summed E-state index contributed by atoms with van der Waals surface area (Å²) in [7, 11) is -0.379. The third-order valence-electron chi connectivity index (χ3n) is 5.80. The minimum atomic E-state index is -3.59. The smallest absolute Gasteiger partial charge is 0.243 e. The number of amides is 1. The zero-order chi connectivity index (χ0) is 23.1. The Kier molecular flexibility index (Phi) is 8.15. The van der Waals surface area contributed by atoms with E-state index in [1.54, 1.807) is 38.5 Å². The summed E-state index contributed by atoms with van der Waals surface area (Å²) in [5.41, 5.74) is 2.11. The summed E-state index contributed by atoms with van der Waals surface area (Å²) in [6.07, 6.45) is 2.94. The molecule has 1 heterocycles. The van der Waals surface area contributed by atoms with E-state index in [4.69, 9.17) is 9.47 Å². The Balaban J connectivity index is 1.50. The lowest BCUT2D eigenvalue weighted by Gasteiger charge is -2.31.